The predicted octanol–water partition coefficient (Wildman–Crippen LogP) is 1.06. The standard InChI is InChI=1S/C15H20N4O2/c1-17-14(18-6-2-3-7-18)13(10-16-17)15(21)19-8-4-12(11-20)5-9-19/h2-3,6-7,10,12,20H,4-5,8-9,11H2,1H3. The van der Waals surface area contributed by atoms with Crippen LogP contribution in [0.25, 0.3) is 5.82 Å². The molecule has 2 aromatic heterocycles. The molecule has 0 aliphatic carbocycles. The SMILES string of the molecule is Cn1ncc(C(=O)N2CCC(CO)CC2)c1-n1cccc1. The first-order valence-electron chi connectivity index (χ1n) is 7.26. The molecule has 1 aliphatic rings. The largest absolute Gasteiger partial charge is 0.396 e. The third kappa shape index (κ3) is 2.58. The summed E-state index contributed by atoms with van der Waals surface area (Å²) in [6, 6.07) is 3.85. The summed E-state index contributed by atoms with van der Waals surface area (Å²) in [6.07, 6.45) is 7.18. The van der Waals surface area contributed by atoms with Crippen LogP contribution in [0.3, 0.4) is 0 Å². The van der Waals surface area contributed by atoms with Gasteiger partial charge in [-0.1, -0.05) is 0 Å². The van der Waals surface area contributed by atoms with Gasteiger partial charge in [-0.05, 0) is 30.9 Å². The summed E-state index contributed by atoms with van der Waals surface area (Å²) >= 11 is 0. The molecule has 1 fully saturated rings. The van der Waals surface area contributed by atoms with E-state index in [1.165, 1.54) is 0 Å². The van der Waals surface area contributed by atoms with Crippen molar-refractivity contribution in [3.05, 3.63) is 36.3 Å². The number of carbonyl (C=O) groups is 1. The molecule has 2 aromatic rings. The number of carbonyl (C=O) groups excluding carboxylic acids is 1. The lowest BCUT2D eigenvalue weighted by molar-refractivity contribution is 0.0651. The Hall–Kier alpha value is -2.08. The van der Waals surface area contributed by atoms with Crippen LogP contribution in [0.4, 0.5) is 0 Å². The molecule has 0 aromatic carbocycles. The summed E-state index contributed by atoms with van der Waals surface area (Å²) in [5, 5.41) is 13.4. The van der Waals surface area contributed by atoms with Gasteiger partial charge in [0.1, 0.15) is 11.4 Å². The summed E-state index contributed by atoms with van der Waals surface area (Å²) in [4.78, 5) is 14.6. The number of aryl methyl sites for hydroxylation is 1. The van der Waals surface area contributed by atoms with Crippen LogP contribution in [0, 0.1) is 5.92 Å². The fraction of sp³-hybridized carbons (Fsp3) is 0.467. The van der Waals surface area contributed by atoms with E-state index < -0.39 is 0 Å². The third-order valence-corrected chi connectivity index (χ3v) is 4.15. The minimum atomic E-state index is 0.0168. The van der Waals surface area contributed by atoms with Gasteiger partial charge in [-0.3, -0.25) is 9.48 Å². The third-order valence-electron chi connectivity index (χ3n) is 4.15. The number of piperidine rings is 1. The molecular weight excluding hydrogens is 268 g/mol. The Balaban J connectivity index is 1.83. The highest BCUT2D eigenvalue weighted by molar-refractivity contribution is 5.97. The van der Waals surface area contributed by atoms with Crippen molar-refractivity contribution in [3.8, 4) is 5.82 Å². The highest BCUT2D eigenvalue weighted by atomic mass is 16.3. The second-order valence-electron chi connectivity index (χ2n) is 5.51. The number of aliphatic hydroxyl groups is 1. The van der Waals surface area contributed by atoms with E-state index in [0.717, 1.165) is 18.7 Å². The van der Waals surface area contributed by atoms with Gasteiger partial charge >= 0.3 is 0 Å². The minimum Gasteiger partial charge on any atom is -0.396 e. The van der Waals surface area contributed by atoms with Crippen molar-refractivity contribution in [1.29, 1.82) is 0 Å². The van der Waals surface area contributed by atoms with Crippen molar-refractivity contribution in [2.24, 2.45) is 13.0 Å². The maximum absolute atomic E-state index is 12.7. The average molecular weight is 288 g/mol. The molecule has 6 heteroatoms. The van der Waals surface area contributed by atoms with E-state index in [-0.39, 0.29) is 12.5 Å². The maximum Gasteiger partial charge on any atom is 0.259 e. The number of aliphatic hydroxyl groups excluding tert-OH is 1. The summed E-state index contributed by atoms with van der Waals surface area (Å²) in [5.41, 5.74) is 0.621. The molecule has 0 radical (unpaired) electrons. The van der Waals surface area contributed by atoms with Crippen molar-refractivity contribution in [3.63, 3.8) is 0 Å². The van der Waals surface area contributed by atoms with E-state index >= 15 is 0 Å². The van der Waals surface area contributed by atoms with E-state index in [0.29, 0.717) is 24.6 Å². The molecule has 112 valence electrons. The zero-order valence-electron chi connectivity index (χ0n) is 12.1. The van der Waals surface area contributed by atoms with Crippen LogP contribution < -0.4 is 0 Å². The van der Waals surface area contributed by atoms with Crippen LogP contribution in [0.5, 0.6) is 0 Å². The molecule has 0 unspecified atom stereocenters. The second-order valence-corrected chi connectivity index (χ2v) is 5.51. The van der Waals surface area contributed by atoms with Gasteiger partial charge in [-0.2, -0.15) is 5.10 Å². The fourth-order valence-electron chi connectivity index (χ4n) is 2.85. The van der Waals surface area contributed by atoms with Crippen LogP contribution in [0.15, 0.2) is 30.7 Å². The summed E-state index contributed by atoms with van der Waals surface area (Å²) in [5.74, 6) is 1.13. The van der Waals surface area contributed by atoms with E-state index in [1.807, 2.05) is 41.0 Å². The number of nitrogens with zero attached hydrogens (tertiary/aromatic N) is 4. The van der Waals surface area contributed by atoms with Gasteiger partial charge < -0.3 is 14.6 Å². The Bertz CT molecular complexity index is 610. The van der Waals surface area contributed by atoms with E-state index in [2.05, 4.69) is 5.10 Å². The maximum atomic E-state index is 12.7. The van der Waals surface area contributed by atoms with Crippen LogP contribution >= 0.6 is 0 Å². The lowest BCUT2D eigenvalue weighted by Gasteiger charge is -2.31. The van der Waals surface area contributed by atoms with Crippen molar-refractivity contribution in [2.45, 2.75) is 12.8 Å². The number of aromatic nitrogens is 3. The number of likely N-dealkylation sites (tertiary alicyclic amines) is 1. The minimum absolute atomic E-state index is 0.0168. The molecule has 1 saturated heterocycles. The van der Waals surface area contributed by atoms with Crippen LogP contribution in [-0.2, 0) is 7.05 Å². The molecule has 3 rings (SSSR count). The van der Waals surface area contributed by atoms with Crippen LogP contribution in [0.1, 0.15) is 23.2 Å². The first kappa shape index (κ1) is 13.9. The average Bonchev–Trinajstić information content (AvgIpc) is 3.15. The highest BCUT2D eigenvalue weighted by Gasteiger charge is 2.26. The van der Waals surface area contributed by atoms with Gasteiger partial charge in [0.05, 0.1) is 6.20 Å². The number of rotatable bonds is 3. The van der Waals surface area contributed by atoms with E-state index in [4.69, 9.17) is 0 Å². The Morgan fingerprint density at radius 3 is 2.62 bits per heavy atom. The monoisotopic (exact) mass is 288 g/mol. The fourth-order valence-corrected chi connectivity index (χ4v) is 2.85. The van der Waals surface area contributed by atoms with Crippen molar-refractivity contribution in [1.82, 2.24) is 19.2 Å². The van der Waals surface area contributed by atoms with E-state index in [9.17, 15) is 9.90 Å². The smallest absolute Gasteiger partial charge is 0.259 e. The Morgan fingerprint density at radius 2 is 2.00 bits per heavy atom. The molecule has 1 aliphatic heterocycles. The number of hydrogen-bond acceptors (Lipinski definition) is 3. The van der Waals surface area contributed by atoms with Gasteiger partial charge in [-0.25, -0.2) is 0 Å². The second kappa shape index (κ2) is 5.73. The molecule has 0 bridgehead atoms. The summed E-state index contributed by atoms with van der Waals surface area (Å²) in [6.45, 7) is 1.61. The summed E-state index contributed by atoms with van der Waals surface area (Å²) < 4.78 is 3.62. The molecule has 1 N–H and O–H groups in total. The van der Waals surface area contributed by atoms with Gasteiger partial charge in [0, 0.05) is 39.1 Å². The molecular formula is C15H20N4O2. The van der Waals surface area contributed by atoms with Crippen molar-refractivity contribution < 1.29 is 9.90 Å². The zero-order valence-corrected chi connectivity index (χ0v) is 12.1. The first-order chi connectivity index (χ1) is 10.2. The van der Waals surface area contributed by atoms with Crippen LogP contribution in [0.2, 0.25) is 0 Å². The quantitative estimate of drug-likeness (QED) is 0.918. The molecule has 0 spiro atoms. The zero-order chi connectivity index (χ0) is 14.8. The van der Waals surface area contributed by atoms with Gasteiger partial charge in [0.2, 0.25) is 0 Å². The molecule has 1 amide bonds. The predicted molar refractivity (Wildman–Crippen MR) is 78.2 cm³/mol. The normalized spacial score (nSPS) is 16.4. The number of hydrogen-bond donors (Lipinski definition) is 1. The van der Waals surface area contributed by atoms with Gasteiger partial charge in [0.25, 0.3) is 5.91 Å². The summed E-state index contributed by atoms with van der Waals surface area (Å²) in [7, 11) is 1.84. The lowest BCUT2D eigenvalue weighted by atomic mass is 9.97. The van der Waals surface area contributed by atoms with Crippen molar-refractivity contribution >= 4 is 5.91 Å². The molecule has 6 nitrogen and oxygen atoms in total. The van der Waals surface area contributed by atoms with Crippen LogP contribution in [-0.4, -0.2) is 50.0 Å². The van der Waals surface area contributed by atoms with E-state index in [1.54, 1.807) is 10.9 Å². The lowest BCUT2D eigenvalue weighted by Crippen LogP contribution is -2.39. The Labute approximate surface area is 123 Å². The van der Waals surface area contributed by atoms with Crippen molar-refractivity contribution in [2.75, 3.05) is 19.7 Å². The first-order valence-corrected chi connectivity index (χ1v) is 7.26. The molecule has 21 heavy (non-hydrogen) atoms. The topological polar surface area (TPSA) is 63.3 Å². The molecule has 0 saturated carbocycles. The van der Waals surface area contributed by atoms with Gasteiger partial charge in [-0.15, -0.1) is 0 Å². The Morgan fingerprint density at radius 1 is 1.33 bits per heavy atom. The highest BCUT2D eigenvalue weighted by Crippen LogP contribution is 2.21. The number of amides is 1. The molecule has 3 heterocycles. The van der Waals surface area contributed by atoms with Gasteiger partial charge in [0.15, 0.2) is 0 Å². The molecule has 0 atom stereocenters. The Kier molecular flexibility index (Phi) is 3.79.